The molecular weight excluding hydrogens is 267 g/mol. The Morgan fingerprint density at radius 3 is 2.76 bits per heavy atom. The lowest BCUT2D eigenvalue weighted by Crippen LogP contribution is -2.26. The number of rotatable bonds is 6. The molecule has 0 radical (unpaired) electrons. The first-order chi connectivity index (χ1) is 10.3. The van der Waals surface area contributed by atoms with Crippen LogP contribution in [-0.2, 0) is 11.3 Å². The van der Waals surface area contributed by atoms with Gasteiger partial charge in [0.15, 0.2) is 0 Å². The van der Waals surface area contributed by atoms with Crippen molar-refractivity contribution in [2.75, 3.05) is 38.3 Å². The van der Waals surface area contributed by atoms with Crippen LogP contribution in [0.15, 0.2) is 18.2 Å². The number of anilines is 1. The van der Waals surface area contributed by atoms with Crippen LogP contribution >= 0.6 is 0 Å². The summed E-state index contributed by atoms with van der Waals surface area (Å²) < 4.78 is 19.4. The van der Waals surface area contributed by atoms with Crippen LogP contribution in [0.5, 0.6) is 0 Å². The highest BCUT2D eigenvalue weighted by Crippen LogP contribution is 2.41. The molecule has 116 valence electrons. The fourth-order valence-electron chi connectivity index (χ4n) is 3.87. The van der Waals surface area contributed by atoms with E-state index in [1.165, 1.54) is 19.3 Å². The van der Waals surface area contributed by atoms with E-state index in [1.807, 2.05) is 12.1 Å². The van der Waals surface area contributed by atoms with Crippen molar-refractivity contribution >= 4 is 5.69 Å². The summed E-state index contributed by atoms with van der Waals surface area (Å²) in [5.74, 6) is 1.47. The Hall–Kier alpha value is -1.13. The quantitative estimate of drug-likeness (QED) is 0.816. The number of methoxy groups -OCH3 is 1. The molecule has 0 spiro atoms. The SMILES string of the molecule is COCCNCc1cccc(F)c1N1CC2CCCC2C1. The number of nitrogens with zero attached hydrogens (tertiary/aromatic N) is 1. The summed E-state index contributed by atoms with van der Waals surface area (Å²) in [6.07, 6.45) is 3.99. The van der Waals surface area contributed by atoms with Crippen LogP contribution in [0.25, 0.3) is 0 Å². The Balaban J connectivity index is 1.71. The van der Waals surface area contributed by atoms with Gasteiger partial charge in [-0.15, -0.1) is 0 Å². The lowest BCUT2D eigenvalue weighted by Gasteiger charge is -2.23. The van der Waals surface area contributed by atoms with Gasteiger partial charge in [0.25, 0.3) is 0 Å². The van der Waals surface area contributed by atoms with E-state index < -0.39 is 0 Å². The average molecular weight is 292 g/mol. The van der Waals surface area contributed by atoms with E-state index in [2.05, 4.69) is 10.2 Å². The minimum atomic E-state index is -0.0824. The van der Waals surface area contributed by atoms with Gasteiger partial charge in [-0.25, -0.2) is 4.39 Å². The summed E-state index contributed by atoms with van der Waals surface area (Å²) in [5.41, 5.74) is 1.88. The number of ether oxygens (including phenoxy) is 1. The molecule has 1 saturated carbocycles. The summed E-state index contributed by atoms with van der Waals surface area (Å²) in [5, 5.41) is 3.33. The van der Waals surface area contributed by atoms with Gasteiger partial charge in [-0.05, 0) is 36.3 Å². The van der Waals surface area contributed by atoms with Crippen molar-refractivity contribution in [2.45, 2.75) is 25.8 Å². The maximum absolute atomic E-state index is 14.4. The summed E-state index contributed by atoms with van der Waals surface area (Å²) in [4.78, 5) is 2.27. The summed E-state index contributed by atoms with van der Waals surface area (Å²) in [7, 11) is 1.69. The van der Waals surface area contributed by atoms with Crippen molar-refractivity contribution in [3.8, 4) is 0 Å². The van der Waals surface area contributed by atoms with E-state index in [0.717, 1.165) is 42.7 Å². The lowest BCUT2D eigenvalue weighted by atomic mass is 10.0. The van der Waals surface area contributed by atoms with Crippen LogP contribution in [0.4, 0.5) is 10.1 Å². The predicted octanol–water partition coefficient (Wildman–Crippen LogP) is 2.80. The van der Waals surface area contributed by atoms with Gasteiger partial charge >= 0.3 is 0 Å². The fourth-order valence-corrected chi connectivity index (χ4v) is 3.87. The molecule has 0 amide bonds. The van der Waals surface area contributed by atoms with Crippen LogP contribution in [0, 0.1) is 17.7 Å². The molecule has 2 atom stereocenters. The highest BCUT2D eigenvalue weighted by molar-refractivity contribution is 5.56. The summed E-state index contributed by atoms with van der Waals surface area (Å²) >= 11 is 0. The van der Waals surface area contributed by atoms with Crippen molar-refractivity contribution in [2.24, 2.45) is 11.8 Å². The predicted molar refractivity (Wildman–Crippen MR) is 83.0 cm³/mol. The van der Waals surface area contributed by atoms with E-state index in [0.29, 0.717) is 13.2 Å². The Morgan fingerprint density at radius 2 is 2.05 bits per heavy atom. The standard InChI is InChI=1S/C17H25FN2O/c1-21-9-8-19-10-13-4-3-7-16(18)17(13)20-11-14-5-2-6-15(14)12-20/h3-4,7,14-15,19H,2,5-6,8-12H2,1H3. The van der Waals surface area contributed by atoms with Crippen LogP contribution in [0.2, 0.25) is 0 Å². The second kappa shape index (κ2) is 6.75. The summed E-state index contributed by atoms with van der Waals surface area (Å²) in [6, 6.07) is 5.43. The molecule has 1 aromatic rings. The molecule has 0 bridgehead atoms. The zero-order valence-electron chi connectivity index (χ0n) is 12.8. The number of para-hydroxylation sites is 1. The Bertz CT molecular complexity index is 468. The van der Waals surface area contributed by atoms with Gasteiger partial charge in [-0.1, -0.05) is 18.6 Å². The van der Waals surface area contributed by atoms with Crippen molar-refractivity contribution in [1.29, 1.82) is 0 Å². The maximum Gasteiger partial charge on any atom is 0.146 e. The molecule has 2 aliphatic rings. The van der Waals surface area contributed by atoms with E-state index in [4.69, 9.17) is 4.74 Å². The third-order valence-corrected chi connectivity index (χ3v) is 4.91. The van der Waals surface area contributed by atoms with Gasteiger partial charge in [0.05, 0.1) is 12.3 Å². The Morgan fingerprint density at radius 1 is 1.29 bits per heavy atom. The second-order valence-corrected chi connectivity index (χ2v) is 6.27. The van der Waals surface area contributed by atoms with Gasteiger partial charge in [0.1, 0.15) is 5.82 Å². The monoisotopic (exact) mass is 292 g/mol. The molecule has 2 fully saturated rings. The molecule has 2 unspecified atom stereocenters. The molecular formula is C17H25FN2O. The maximum atomic E-state index is 14.4. The molecule has 3 nitrogen and oxygen atoms in total. The fraction of sp³-hybridized carbons (Fsp3) is 0.647. The molecule has 1 aliphatic carbocycles. The van der Waals surface area contributed by atoms with E-state index in [1.54, 1.807) is 13.2 Å². The van der Waals surface area contributed by atoms with Crippen LogP contribution in [0.1, 0.15) is 24.8 Å². The smallest absolute Gasteiger partial charge is 0.146 e. The number of benzene rings is 1. The number of halogens is 1. The largest absolute Gasteiger partial charge is 0.383 e. The first kappa shape index (κ1) is 14.8. The number of nitrogens with one attached hydrogen (secondary N) is 1. The normalized spacial score (nSPS) is 24.6. The highest BCUT2D eigenvalue weighted by Gasteiger charge is 2.37. The first-order valence-corrected chi connectivity index (χ1v) is 8.01. The Labute approximate surface area is 126 Å². The number of fused-ring (bicyclic) bond motifs is 1. The molecule has 21 heavy (non-hydrogen) atoms. The zero-order valence-corrected chi connectivity index (χ0v) is 12.8. The summed E-state index contributed by atoms with van der Waals surface area (Å²) in [6.45, 7) is 4.21. The van der Waals surface area contributed by atoms with Crippen molar-refractivity contribution in [3.05, 3.63) is 29.6 Å². The molecule has 1 aliphatic heterocycles. The lowest BCUT2D eigenvalue weighted by molar-refractivity contribution is 0.199. The van der Waals surface area contributed by atoms with E-state index in [-0.39, 0.29) is 5.82 Å². The van der Waals surface area contributed by atoms with Gasteiger partial charge in [-0.2, -0.15) is 0 Å². The molecule has 1 heterocycles. The van der Waals surface area contributed by atoms with Gasteiger partial charge < -0.3 is 15.0 Å². The molecule has 0 aromatic heterocycles. The molecule has 1 saturated heterocycles. The average Bonchev–Trinajstić information content (AvgIpc) is 3.05. The first-order valence-electron chi connectivity index (χ1n) is 8.01. The minimum absolute atomic E-state index is 0.0824. The van der Waals surface area contributed by atoms with Gasteiger partial charge in [0.2, 0.25) is 0 Å². The van der Waals surface area contributed by atoms with Crippen molar-refractivity contribution in [3.63, 3.8) is 0 Å². The molecule has 1 aromatic carbocycles. The molecule has 4 heteroatoms. The van der Waals surface area contributed by atoms with Gasteiger partial charge in [0, 0.05) is 33.3 Å². The minimum Gasteiger partial charge on any atom is -0.383 e. The van der Waals surface area contributed by atoms with Crippen LogP contribution in [0.3, 0.4) is 0 Å². The van der Waals surface area contributed by atoms with E-state index >= 15 is 0 Å². The Kier molecular flexibility index (Phi) is 4.76. The number of hydrogen-bond donors (Lipinski definition) is 1. The van der Waals surface area contributed by atoms with Crippen molar-refractivity contribution < 1.29 is 9.13 Å². The van der Waals surface area contributed by atoms with Crippen LogP contribution in [-0.4, -0.2) is 33.4 Å². The zero-order chi connectivity index (χ0) is 14.7. The second-order valence-electron chi connectivity index (χ2n) is 6.27. The highest BCUT2D eigenvalue weighted by atomic mass is 19.1. The third-order valence-electron chi connectivity index (χ3n) is 4.91. The molecule has 3 rings (SSSR count). The number of hydrogen-bond acceptors (Lipinski definition) is 3. The van der Waals surface area contributed by atoms with E-state index in [9.17, 15) is 4.39 Å². The molecule has 1 N–H and O–H groups in total. The van der Waals surface area contributed by atoms with Gasteiger partial charge in [-0.3, -0.25) is 0 Å². The third kappa shape index (κ3) is 3.22. The van der Waals surface area contributed by atoms with Crippen LogP contribution < -0.4 is 10.2 Å². The topological polar surface area (TPSA) is 24.5 Å². The van der Waals surface area contributed by atoms with Crippen molar-refractivity contribution in [1.82, 2.24) is 5.32 Å².